The topological polar surface area (TPSA) is 118 Å². The average Bonchev–Trinajstić information content (AvgIpc) is 3.20. The Labute approximate surface area is 135 Å². The lowest BCUT2D eigenvalue weighted by molar-refractivity contribution is -0.384. The molecule has 2 heterocycles. The Morgan fingerprint density at radius 3 is 3.04 bits per heavy atom. The van der Waals surface area contributed by atoms with Gasteiger partial charge in [-0.15, -0.1) is 0 Å². The normalized spacial score (nSPS) is 13.2. The molecule has 122 valence electrons. The van der Waals surface area contributed by atoms with Crippen molar-refractivity contribution in [1.82, 2.24) is 19.6 Å². The number of non-ortho nitro benzene ring substituents is 1. The van der Waals surface area contributed by atoms with Gasteiger partial charge in [0.1, 0.15) is 0 Å². The van der Waals surface area contributed by atoms with Gasteiger partial charge in [0, 0.05) is 24.2 Å². The summed E-state index contributed by atoms with van der Waals surface area (Å²) >= 11 is 0. The molecular formula is C15H14N6O3. The monoisotopic (exact) mass is 326 g/mol. The molecule has 0 radical (unpaired) electrons. The van der Waals surface area contributed by atoms with Crippen LogP contribution >= 0.6 is 0 Å². The van der Waals surface area contributed by atoms with Gasteiger partial charge in [-0.25, -0.2) is 4.98 Å². The number of nitro groups is 1. The number of rotatable bonds is 4. The molecule has 24 heavy (non-hydrogen) atoms. The van der Waals surface area contributed by atoms with Crippen LogP contribution in [-0.4, -0.2) is 24.5 Å². The highest BCUT2D eigenvalue weighted by molar-refractivity contribution is 5.41. The number of aromatic nitrogens is 4. The largest absolute Gasteiger partial charge is 0.351 e. The maximum absolute atomic E-state index is 12.4. The molecule has 0 unspecified atom stereocenters. The summed E-state index contributed by atoms with van der Waals surface area (Å²) in [6.07, 6.45) is 2.51. The fraction of sp³-hybridized carbons (Fsp3) is 0.267. The number of anilines is 1. The van der Waals surface area contributed by atoms with Gasteiger partial charge in [-0.2, -0.15) is 9.50 Å². The molecular weight excluding hydrogens is 312 g/mol. The minimum Gasteiger partial charge on any atom is -0.351 e. The zero-order chi connectivity index (χ0) is 16.7. The minimum atomic E-state index is -0.435. The van der Waals surface area contributed by atoms with Crippen LogP contribution in [-0.2, 0) is 19.4 Å². The van der Waals surface area contributed by atoms with Gasteiger partial charge in [-0.05, 0) is 24.8 Å². The summed E-state index contributed by atoms with van der Waals surface area (Å²) in [7, 11) is 0. The zero-order valence-electron chi connectivity index (χ0n) is 12.7. The highest BCUT2D eigenvalue weighted by atomic mass is 16.6. The Morgan fingerprint density at radius 1 is 1.33 bits per heavy atom. The van der Waals surface area contributed by atoms with E-state index >= 15 is 0 Å². The maximum atomic E-state index is 12.4. The third-order valence-electron chi connectivity index (χ3n) is 4.10. The number of aryl methyl sites for hydroxylation is 1. The molecule has 0 fully saturated rings. The van der Waals surface area contributed by atoms with E-state index < -0.39 is 4.92 Å². The first-order valence-corrected chi connectivity index (χ1v) is 7.59. The van der Waals surface area contributed by atoms with Gasteiger partial charge < -0.3 is 5.32 Å². The number of hydrogen-bond acceptors (Lipinski definition) is 6. The van der Waals surface area contributed by atoms with E-state index in [2.05, 4.69) is 20.4 Å². The highest BCUT2D eigenvalue weighted by Crippen LogP contribution is 2.17. The summed E-state index contributed by atoms with van der Waals surface area (Å²) < 4.78 is 1.33. The minimum absolute atomic E-state index is 0.0354. The molecule has 1 aliphatic rings. The number of nitro benzene ring substituents is 1. The Hall–Kier alpha value is -3.23. The van der Waals surface area contributed by atoms with Gasteiger partial charge >= 0.3 is 0 Å². The molecule has 0 saturated heterocycles. The molecule has 9 nitrogen and oxygen atoms in total. The first kappa shape index (κ1) is 14.4. The Balaban J connectivity index is 1.59. The number of fused-ring (bicyclic) bond motifs is 2. The molecule has 9 heteroatoms. The lowest BCUT2D eigenvalue weighted by atomic mass is 10.2. The second-order valence-electron chi connectivity index (χ2n) is 5.68. The number of benzene rings is 1. The van der Waals surface area contributed by atoms with Crippen LogP contribution in [0.4, 0.5) is 11.6 Å². The molecule has 3 aromatic rings. The number of nitrogens with zero attached hydrogens (tertiary/aromatic N) is 4. The Kier molecular flexibility index (Phi) is 3.26. The molecule has 2 N–H and O–H groups in total. The molecule has 0 saturated carbocycles. The molecule has 0 atom stereocenters. The molecule has 0 bridgehead atoms. The second-order valence-corrected chi connectivity index (χ2v) is 5.68. The molecule has 2 aromatic heterocycles. The van der Waals surface area contributed by atoms with E-state index in [1.807, 2.05) is 0 Å². The molecule has 1 aromatic carbocycles. The van der Waals surface area contributed by atoms with Crippen LogP contribution in [0.25, 0.3) is 5.78 Å². The standard InChI is InChI=1S/C15H14N6O3/c22-13-11-5-2-6-12(11)17-15-18-14(19-20(13)15)16-8-9-3-1-4-10(7-9)21(23)24/h1,3-4,7H,2,5-6,8H2,(H2,16,17,18,19). The first-order valence-electron chi connectivity index (χ1n) is 7.59. The second kappa shape index (κ2) is 5.44. The smallest absolute Gasteiger partial charge is 0.277 e. The van der Waals surface area contributed by atoms with Crippen molar-refractivity contribution in [3.8, 4) is 0 Å². The third-order valence-corrected chi connectivity index (χ3v) is 4.10. The van der Waals surface area contributed by atoms with Crippen LogP contribution in [0.1, 0.15) is 23.2 Å². The molecule has 1 aliphatic carbocycles. The van der Waals surface area contributed by atoms with Gasteiger partial charge in [-0.1, -0.05) is 12.1 Å². The summed E-state index contributed by atoms with van der Waals surface area (Å²) in [4.78, 5) is 31.4. The summed E-state index contributed by atoms with van der Waals surface area (Å²) in [5, 5.41) is 16.7. The fourth-order valence-electron chi connectivity index (χ4n) is 2.93. The van der Waals surface area contributed by atoms with E-state index in [0.29, 0.717) is 18.3 Å². The van der Waals surface area contributed by atoms with Crippen LogP contribution < -0.4 is 10.9 Å². The van der Waals surface area contributed by atoms with Gasteiger partial charge in [0.15, 0.2) is 0 Å². The van der Waals surface area contributed by atoms with E-state index in [1.165, 1.54) is 16.6 Å². The number of nitrogens with one attached hydrogen (secondary N) is 2. The summed E-state index contributed by atoms with van der Waals surface area (Å²) in [5.41, 5.74) is 2.25. The number of hydrogen-bond donors (Lipinski definition) is 2. The van der Waals surface area contributed by atoms with Crippen molar-refractivity contribution in [3.63, 3.8) is 0 Å². The van der Waals surface area contributed by atoms with Crippen molar-refractivity contribution in [2.45, 2.75) is 25.8 Å². The Morgan fingerprint density at radius 2 is 2.21 bits per heavy atom. The Bertz CT molecular complexity index is 1010. The van der Waals surface area contributed by atoms with Crippen LogP contribution in [0, 0.1) is 10.1 Å². The molecule has 0 aliphatic heterocycles. The quantitative estimate of drug-likeness (QED) is 0.553. The average molecular weight is 326 g/mol. The zero-order valence-corrected chi connectivity index (χ0v) is 12.7. The van der Waals surface area contributed by atoms with Gasteiger partial charge in [0.2, 0.25) is 5.95 Å². The van der Waals surface area contributed by atoms with Gasteiger partial charge in [-0.3, -0.25) is 20.0 Å². The van der Waals surface area contributed by atoms with Crippen molar-refractivity contribution < 1.29 is 4.92 Å². The van der Waals surface area contributed by atoms with E-state index in [0.717, 1.165) is 36.1 Å². The summed E-state index contributed by atoms with van der Waals surface area (Å²) in [6, 6.07) is 6.34. The maximum Gasteiger partial charge on any atom is 0.277 e. The molecule has 4 rings (SSSR count). The summed E-state index contributed by atoms with van der Waals surface area (Å²) in [6.45, 7) is 0.343. The molecule has 0 amide bonds. The lowest BCUT2D eigenvalue weighted by Crippen LogP contribution is -2.20. The highest BCUT2D eigenvalue weighted by Gasteiger charge is 2.19. The van der Waals surface area contributed by atoms with Crippen molar-refractivity contribution in [2.24, 2.45) is 0 Å². The number of aromatic amines is 1. The van der Waals surface area contributed by atoms with Crippen molar-refractivity contribution >= 4 is 17.4 Å². The summed E-state index contributed by atoms with van der Waals surface area (Å²) in [5.74, 6) is 0.733. The van der Waals surface area contributed by atoms with Gasteiger partial charge in [0.25, 0.3) is 17.0 Å². The van der Waals surface area contributed by atoms with E-state index in [-0.39, 0.29) is 11.2 Å². The van der Waals surface area contributed by atoms with Crippen molar-refractivity contribution in [2.75, 3.05) is 5.32 Å². The van der Waals surface area contributed by atoms with Gasteiger partial charge in [0.05, 0.1) is 10.6 Å². The predicted molar refractivity (Wildman–Crippen MR) is 86.1 cm³/mol. The lowest BCUT2D eigenvalue weighted by Gasteiger charge is -2.02. The van der Waals surface area contributed by atoms with Crippen LogP contribution in [0.15, 0.2) is 29.1 Å². The van der Waals surface area contributed by atoms with Crippen LogP contribution in [0.2, 0.25) is 0 Å². The molecule has 0 spiro atoms. The van der Waals surface area contributed by atoms with E-state index in [9.17, 15) is 14.9 Å². The predicted octanol–water partition coefficient (Wildman–Crippen LogP) is 1.43. The number of H-pyrrole nitrogens is 1. The van der Waals surface area contributed by atoms with Crippen molar-refractivity contribution in [3.05, 3.63) is 61.6 Å². The van der Waals surface area contributed by atoms with E-state index in [4.69, 9.17) is 0 Å². The van der Waals surface area contributed by atoms with E-state index in [1.54, 1.807) is 12.1 Å². The first-order chi connectivity index (χ1) is 11.6. The van der Waals surface area contributed by atoms with Crippen molar-refractivity contribution in [1.29, 1.82) is 0 Å². The SMILES string of the molecule is O=c1c2c(nc3nc(NCc4cccc([N+](=O)[O-])c4)[nH]n13)CCC2. The van der Waals surface area contributed by atoms with Crippen LogP contribution in [0.3, 0.4) is 0 Å². The third kappa shape index (κ3) is 2.39. The fourth-order valence-corrected chi connectivity index (χ4v) is 2.93. The van der Waals surface area contributed by atoms with Crippen LogP contribution in [0.5, 0.6) is 0 Å².